The molecule has 0 saturated carbocycles. The van der Waals surface area contributed by atoms with Crippen LogP contribution in [0.5, 0.6) is 0 Å². The van der Waals surface area contributed by atoms with Crippen LogP contribution in [0.4, 0.5) is 5.69 Å². The fraction of sp³-hybridized carbons (Fsp3) is 0.400. The topological polar surface area (TPSA) is 101 Å². The maximum Gasteiger partial charge on any atom is 0.270 e. The number of nitrogens with one attached hydrogen (secondary N) is 2. The summed E-state index contributed by atoms with van der Waals surface area (Å²) in [5.74, 6) is 0. The molecule has 0 radical (unpaired) electrons. The van der Waals surface area contributed by atoms with E-state index >= 15 is 0 Å². The van der Waals surface area contributed by atoms with Crippen molar-refractivity contribution >= 4 is 31.6 Å². The highest BCUT2D eigenvalue weighted by atomic mass is 79.9. The summed E-state index contributed by atoms with van der Waals surface area (Å²) >= 11 is 3.21. The van der Waals surface area contributed by atoms with Crippen LogP contribution in [0.1, 0.15) is 5.56 Å². The van der Waals surface area contributed by atoms with Gasteiger partial charge in [0.25, 0.3) is 5.69 Å². The van der Waals surface area contributed by atoms with Gasteiger partial charge in [-0.05, 0) is 11.6 Å². The number of halogens is 1. The molecule has 0 aliphatic carbocycles. The Balaban J connectivity index is 2.47. The van der Waals surface area contributed by atoms with Crippen molar-refractivity contribution in [1.82, 2.24) is 10.0 Å². The molecule has 0 unspecified atom stereocenters. The van der Waals surface area contributed by atoms with Crippen molar-refractivity contribution in [3.05, 3.63) is 38.3 Å². The molecular weight excluding hydrogens is 338 g/mol. The molecule has 19 heavy (non-hydrogen) atoms. The zero-order chi connectivity index (χ0) is 14.5. The Bertz CT molecular complexity index is 562. The van der Waals surface area contributed by atoms with Crippen LogP contribution >= 0.6 is 15.9 Å². The van der Waals surface area contributed by atoms with Gasteiger partial charge in [0.15, 0.2) is 0 Å². The first-order valence-electron chi connectivity index (χ1n) is 5.37. The van der Waals surface area contributed by atoms with Crippen LogP contribution < -0.4 is 10.0 Å². The lowest BCUT2D eigenvalue weighted by molar-refractivity contribution is -0.385. The van der Waals surface area contributed by atoms with Crippen molar-refractivity contribution in [1.29, 1.82) is 0 Å². The van der Waals surface area contributed by atoms with Gasteiger partial charge in [0.05, 0.1) is 11.2 Å². The van der Waals surface area contributed by atoms with E-state index in [0.29, 0.717) is 17.6 Å². The average molecular weight is 352 g/mol. The van der Waals surface area contributed by atoms with Gasteiger partial charge in [0.1, 0.15) is 0 Å². The lowest BCUT2D eigenvalue weighted by Crippen LogP contribution is -2.30. The predicted octanol–water partition coefficient (Wildman–Crippen LogP) is 0.996. The summed E-state index contributed by atoms with van der Waals surface area (Å²) in [6.07, 6.45) is 1.09. The van der Waals surface area contributed by atoms with Crippen LogP contribution in [0.25, 0.3) is 0 Å². The molecule has 0 atom stereocenters. The average Bonchev–Trinajstić information content (AvgIpc) is 2.26. The molecule has 0 aliphatic heterocycles. The van der Waals surface area contributed by atoms with E-state index < -0.39 is 14.9 Å². The second kappa shape index (κ2) is 6.94. The molecule has 9 heteroatoms. The standard InChI is InChI=1S/C10H14BrN3O4S/c1-19(17,18)13-3-2-12-7-8-4-9(11)6-10(5-8)14(15)16/h4-6,12-13H,2-3,7H2,1H3. The Morgan fingerprint density at radius 2 is 2.00 bits per heavy atom. The predicted molar refractivity (Wildman–Crippen MR) is 75.3 cm³/mol. The molecule has 2 N–H and O–H groups in total. The number of hydrogen-bond acceptors (Lipinski definition) is 5. The number of nitrogens with zero attached hydrogens (tertiary/aromatic N) is 1. The van der Waals surface area contributed by atoms with Gasteiger partial charge >= 0.3 is 0 Å². The third kappa shape index (κ3) is 6.62. The third-order valence-electron chi connectivity index (χ3n) is 2.15. The van der Waals surface area contributed by atoms with E-state index in [1.807, 2.05) is 0 Å². The minimum absolute atomic E-state index is 0.0143. The van der Waals surface area contributed by atoms with Gasteiger partial charge in [-0.15, -0.1) is 0 Å². The number of nitro groups is 1. The maximum absolute atomic E-state index is 10.8. The van der Waals surface area contributed by atoms with Gasteiger partial charge in [-0.25, -0.2) is 13.1 Å². The molecule has 0 spiro atoms. The van der Waals surface area contributed by atoms with Crippen molar-refractivity contribution in [3.8, 4) is 0 Å². The maximum atomic E-state index is 10.8. The van der Waals surface area contributed by atoms with E-state index in [9.17, 15) is 18.5 Å². The SMILES string of the molecule is CS(=O)(=O)NCCNCc1cc(Br)cc([N+](=O)[O-])c1. The minimum atomic E-state index is -3.18. The Kier molecular flexibility index (Phi) is 5.85. The van der Waals surface area contributed by atoms with Crippen LogP contribution in [0.15, 0.2) is 22.7 Å². The van der Waals surface area contributed by atoms with E-state index in [1.165, 1.54) is 12.1 Å². The van der Waals surface area contributed by atoms with Gasteiger partial charge in [0.2, 0.25) is 10.0 Å². The molecule has 106 valence electrons. The molecule has 0 bridgehead atoms. The Labute approximate surface area is 119 Å². The Morgan fingerprint density at radius 3 is 2.58 bits per heavy atom. The molecule has 1 aromatic rings. The van der Waals surface area contributed by atoms with Crippen LogP contribution in [-0.2, 0) is 16.6 Å². The van der Waals surface area contributed by atoms with Gasteiger partial charge < -0.3 is 5.32 Å². The van der Waals surface area contributed by atoms with Crippen molar-refractivity contribution in [2.75, 3.05) is 19.3 Å². The van der Waals surface area contributed by atoms with Gasteiger partial charge in [0, 0.05) is 36.2 Å². The van der Waals surface area contributed by atoms with E-state index in [0.717, 1.165) is 11.8 Å². The van der Waals surface area contributed by atoms with E-state index in [-0.39, 0.29) is 12.2 Å². The second-order valence-electron chi connectivity index (χ2n) is 3.92. The summed E-state index contributed by atoms with van der Waals surface area (Å²) in [7, 11) is -3.18. The lowest BCUT2D eigenvalue weighted by Gasteiger charge is -2.06. The van der Waals surface area contributed by atoms with E-state index in [2.05, 4.69) is 26.0 Å². The summed E-state index contributed by atoms with van der Waals surface area (Å²) in [6, 6.07) is 4.67. The Hall–Kier alpha value is -1.03. The minimum Gasteiger partial charge on any atom is -0.311 e. The Morgan fingerprint density at radius 1 is 1.32 bits per heavy atom. The molecule has 0 fully saturated rings. The van der Waals surface area contributed by atoms with Gasteiger partial charge in [-0.3, -0.25) is 10.1 Å². The lowest BCUT2D eigenvalue weighted by atomic mass is 10.2. The summed E-state index contributed by atoms with van der Waals surface area (Å²) in [4.78, 5) is 10.2. The fourth-order valence-corrected chi connectivity index (χ4v) is 2.40. The van der Waals surface area contributed by atoms with Crippen LogP contribution in [-0.4, -0.2) is 32.7 Å². The first-order valence-corrected chi connectivity index (χ1v) is 8.05. The first kappa shape index (κ1) is 16.0. The van der Waals surface area contributed by atoms with Crippen molar-refractivity contribution in [2.45, 2.75) is 6.54 Å². The molecule has 0 aromatic heterocycles. The van der Waals surface area contributed by atoms with Crippen molar-refractivity contribution in [2.24, 2.45) is 0 Å². The molecule has 1 aromatic carbocycles. The van der Waals surface area contributed by atoms with Crippen molar-refractivity contribution < 1.29 is 13.3 Å². The number of benzene rings is 1. The summed E-state index contributed by atoms with van der Waals surface area (Å²) in [5, 5.41) is 13.7. The van der Waals surface area contributed by atoms with Crippen LogP contribution in [0.3, 0.4) is 0 Å². The summed E-state index contributed by atoms with van der Waals surface area (Å²) in [6.45, 7) is 1.13. The van der Waals surface area contributed by atoms with Crippen molar-refractivity contribution in [3.63, 3.8) is 0 Å². The highest BCUT2D eigenvalue weighted by Crippen LogP contribution is 2.21. The number of hydrogen-bond donors (Lipinski definition) is 2. The van der Waals surface area contributed by atoms with Crippen LogP contribution in [0.2, 0.25) is 0 Å². The summed E-state index contributed by atoms with van der Waals surface area (Å²) in [5.41, 5.74) is 0.765. The third-order valence-corrected chi connectivity index (χ3v) is 3.33. The molecule has 0 amide bonds. The number of sulfonamides is 1. The molecule has 0 heterocycles. The zero-order valence-corrected chi connectivity index (χ0v) is 12.6. The molecule has 0 saturated heterocycles. The zero-order valence-electron chi connectivity index (χ0n) is 10.2. The van der Waals surface area contributed by atoms with E-state index in [1.54, 1.807) is 6.07 Å². The van der Waals surface area contributed by atoms with Crippen LogP contribution in [0, 0.1) is 10.1 Å². The highest BCUT2D eigenvalue weighted by molar-refractivity contribution is 9.10. The van der Waals surface area contributed by atoms with E-state index in [4.69, 9.17) is 0 Å². The summed E-state index contributed by atoms with van der Waals surface area (Å²) < 4.78 is 24.6. The van der Waals surface area contributed by atoms with Gasteiger partial charge in [-0.1, -0.05) is 15.9 Å². The number of nitro benzene ring substituents is 1. The van der Waals surface area contributed by atoms with Gasteiger partial charge in [-0.2, -0.15) is 0 Å². The molecular formula is C10H14BrN3O4S. The monoisotopic (exact) mass is 351 g/mol. The molecule has 1 rings (SSSR count). The largest absolute Gasteiger partial charge is 0.311 e. The highest BCUT2D eigenvalue weighted by Gasteiger charge is 2.08. The molecule has 0 aliphatic rings. The quantitative estimate of drug-likeness (QED) is 0.433. The molecule has 7 nitrogen and oxygen atoms in total. The smallest absolute Gasteiger partial charge is 0.270 e. The number of rotatable bonds is 7. The normalized spacial score (nSPS) is 11.5. The second-order valence-corrected chi connectivity index (χ2v) is 6.67. The number of non-ortho nitro benzene ring substituents is 1. The first-order chi connectivity index (χ1) is 8.78. The fourth-order valence-electron chi connectivity index (χ4n) is 1.40.